The highest BCUT2D eigenvalue weighted by Gasteiger charge is 2.23. The van der Waals surface area contributed by atoms with Crippen LogP contribution in [0.25, 0.3) is 0 Å². The first-order valence-corrected chi connectivity index (χ1v) is 5.01. The monoisotopic (exact) mass is 176 g/mol. The third-order valence-corrected chi connectivity index (χ3v) is 2.46. The summed E-state index contributed by atoms with van der Waals surface area (Å²) in [5.74, 6) is 0.985. The van der Waals surface area contributed by atoms with Crippen LogP contribution in [-0.4, -0.2) is 11.0 Å². The van der Waals surface area contributed by atoms with Crippen LogP contribution in [-0.2, 0) is 0 Å². The molecule has 1 N–H and O–H groups in total. The lowest BCUT2D eigenvalue weighted by Gasteiger charge is -2.13. The summed E-state index contributed by atoms with van der Waals surface area (Å²) >= 11 is 0. The first-order valence-electron chi connectivity index (χ1n) is 5.01. The molecular formula is C11H16N2. The molecule has 2 nitrogen and oxygen atoms in total. The van der Waals surface area contributed by atoms with Gasteiger partial charge in [0.25, 0.3) is 0 Å². The van der Waals surface area contributed by atoms with E-state index in [1.54, 1.807) is 6.20 Å². The molecule has 1 atom stereocenters. The average molecular weight is 176 g/mol. The Hall–Kier alpha value is -1.05. The lowest BCUT2D eigenvalue weighted by molar-refractivity contribution is 0.642. The number of nitrogens with zero attached hydrogens (tertiary/aromatic N) is 1. The number of hydrogen-bond donors (Lipinski definition) is 1. The van der Waals surface area contributed by atoms with E-state index in [4.69, 9.17) is 0 Å². The van der Waals surface area contributed by atoms with Gasteiger partial charge in [0, 0.05) is 18.4 Å². The Balaban J connectivity index is 1.82. The fraction of sp³-hybridized carbons (Fsp3) is 0.545. The van der Waals surface area contributed by atoms with E-state index in [-0.39, 0.29) is 0 Å². The molecule has 2 heteroatoms. The minimum absolute atomic E-state index is 0.580. The van der Waals surface area contributed by atoms with Crippen LogP contribution in [0.15, 0.2) is 24.5 Å². The minimum Gasteiger partial charge on any atom is -0.381 e. The number of aromatic nitrogens is 1. The van der Waals surface area contributed by atoms with Gasteiger partial charge in [0.15, 0.2) is 0 Å². The fourth-order valence-electron chi connectivity index (χ4n) is 1.65. The molecule has 0 amide bonds. The second kappa shape index (κ2) is 3.77. The predicted octanol–water partition coefficient (Wildman–Crippen LogP) is 2.68. The lowest BCUT2D eigenvalue weighted by Crippen LogP contribution is -2.15. The van der Waals surface area contributed by atoms with Crippen molar-refractivity contribution in [3.8, 4) is 0 Å². The Labute approximate surface area is 79.4 Å². The zero-order chi connectivity index (χ0) is 9.10. The first kappa shape index (κ1) is 8.54. The van der Waals surface area contributed by atoms with E-state index in [1.807, 2.05) is 12.3 Å². The molecule has 0 bridgehead atoms. The number of pyridine rings is 1. The van der Waals surface area contributed by atoms with Crippen molar-refractivity contribution in [2.45, 2.75) is 32.2 Å². The van der Waals surface area contributed by atoms with Crippen LogP contribution in [0.3, 0.4) is 0 Å². The van der Waals surface area contributed by atoms with E-state index >= 15 is 0 Å². The van der Waals surface area contributed by atoms with Gasteiger partial charge in [0.1, 0.15) is 0 Å². The fourth-order valence-corrected chi connectivity index (χ4v) is 1.65. The molecule has 1 aliphatic carbocycles. The van der Waals surface area contributed by atoms with Crippen molar-refractivity contribution in [3.05, 3.63) is 24.5 Å². The molecule has 1 aliphatic rings. The maximum atomic E-state index is 4.07. The Morgan fingerprint density at radius 2 is 2.46 bits per heavy atom. The van der Waals surface area contributed by atoms with Gasteiger partial charge in [0.2, 0.25) is 0 Å². The topological polar surface area (TPSA) is 24.9 Å². The average Bonchev–Trinajstić information content (AvgIpc) is 2.90. The Morgan fingerprint density at radius 1 is 1.62 bits per heavy atom. The van der Waals surface area contributed by atoms with E-state index in [0.717, 1.165) is 11.6 Å². The van der Waals surface area contributed by atoms with E-state index in [2.05, 4.69) is 23.3 Å². The van der Waals surface area contributed by atoms with E-state index < -0.39 is 0 Å². The van der Waals surface area contributed by atoms with Crippen LogP contribution in [0.4, 0.5) is 5.69 Å². The van der Waals surface area contributed by atoms with Crippen LogP contribution in [0.2, 0.25) is 0 Å². The normalized spacial score (nSPS) is 18.2. The molecule has 13 heavy (non-hydrogen) atoms. The summed E-state index contributed by atoms with van der Waals surface area (Å²) in [6.45, 7) is 2.24. The molecule has 0 saturated heterocycles. The van der Waals surface area contributed by atoms with Crippen molar-refractivity contribution in [1.29, 1.82) is 0 Å². The van der Waals surface area contributed by atoms with Crippen LogP contribution < -0.4 is 5.32 Å². The molecule has 1 unspecified atom stereocenters. The van der Waals surface area contributed by atoms with Crippen molar-refractivity contribution >= 4 is 5.69 Å². The largest absolute Gasteiger partial charge is 0.381 e. The minimum atomic E-state index is 0.580. The summed E-state index contributed by atoms with van der Waals surface area (Å²) < 4.78 is 0. The molecule has 1 aromatic heterocycles. The number of rotatable bonds is 4. The summed E-state index contributed by atoms with van der Waals surface area (Å²) in [5.41, 5.74) is 1.13. The van der Waals surface area contributed by atoms with Gasteiger partial charge in [-0.1, -0.05) is 12.8 Å². The van der Waals surface area contributed by atoms with E-state index in [0.29, 0.717) is 6.04 Å². The molecular weight excluding hydrogens is 160 g/mol. The van der Waals surface area contributed by atoms with Crippen LogP contribution in [0.1, 0.15) is 26.2 Å². The molecule has 2 rings (SSSR count). The lowest BCUT2D eigenvalue weighted by atomic mass is 10.1. The van der Waals surface area contributed by atoms with Gasteiger partial charge in [-0.3, -0.25) is 4.98 Å². The second-order valence-corrected chi connectivity index (χ2v) is 3.97. The van der Waals surface area contributed by atoms with Gasteiger partial charge >= 0.3 is 0 Å². The van der Waals surface area contributed by atoms with Crippen molar-refractivity contribution in [3.63, 3.8) is 0 Å². The quantitative estimate of drug-likeness (QED) is 0.763. The predicted molar refractivity (Wildman–Crippen MR) is 54.7 cm³/mol. The highest BCUT2D eigenvalue weighted by molar-refractivity contribution is 5.40. The third-order valence-electron chi connectivity index (χ3n) is 2.46. The maximum absolute atomic E-state index is 4.07. The number of nitrogens with one attached hydrogen (secondary N) is 1. The Kier molecular flexibility index (Phi) is 2.48. The van der Waals surface area contributed by atoms with Crippen LogP contribution >= 0.6 is 0 Å². The zero-order valence-electron chi connectivity index (χ0n) is 8.03. The van der Waals surface area contributed by atoms with Crippen molar-refractivity contribution < 1.29 is 0 Å². The standard InChI is InChI=1S/C11H16N2/c1-9(7-10-4-5-10)13-11-3-2-6-12-8-11/h2-3,6,8-10,13H,4-5,7H2,1H3. The maximum Gasteiger partial charge on any atom is 0.0528 e. The van der Waals surface area contributed by atoms with Gasteiger partial charge in [-0.2, -0.15) is 0 Å². The number of hydrogen-bond acceptors (Lipinski definition) is 2. The van der Waals surface area contributed by atoms with Gasteiger partial charge in [0.05, 0.1) is 5.69 Å². The summed E-state index contributed by atoms with van der Waals surface area (Å²) in [4.78, 5) is 4.07. The molecule has 0 spiro atoms. The molecule has 0 aromatic carbocycles. The van der Waals surface area contributed by atoms with Gasteiger partial charge in [-0.05, 0) is 31.4 Å². The number of anilines is 1. The zero-order valence-corrected chi connectivity index (χ0v) is 8.03. The molecule has 1 saturated carbocycles. The molecule has 0 radical (unpaired) electrons. The summed E-state index contributed by atoms with van der Waals surface area (Å²) in [6, 6.07) is 4.61. The summed E-state index contributed by atoms with van der Waals surface area (Å²) in [7, 11) is 0. The first-order chi connectivity index (χ1) is 6.34. The smallest absolute Gasteiger partial charge is 0.0528 e. The van der Waals surface area contributed by atoms with Crippen molar-refractivity contribution in [2.75, 3.05) is 5.32 Å². The molecule has 70 valence electrons. The van der Waals surface area contributed by atoms with Crippen molar-refractivity contribution in [1.82, 2.24) is 4.98 Å². The van der Waals surface area contributed by atoms with Gasteiger partial charge in [-0.25, -0.2) is 0 Å². The van der Waals surface area contributed by atoms with E-state index in [1.165, 1.54) is 19.3 Å². The summed E-state index contributed by atoms with van der Waals surface area (Å²) in [6.07, 6.45) is 7.84. The van der Waals surface area contributed by atoms with E-state index in [9.17, 15) is 0 Å². The Morgan fingerprint density at radius 3 is 3.08 bits per heavy atom. The molecule has 1 fully saturated rings. The van der Waals surface area contributed by atoms with Crippen LogP contribution in [0.5, 0.6) is 0 Å². The second-order valence-electron chi connectivity index (χ2n) is 3.97. The van der Waals surface area contributed by atoms with Gasteiger partial charge in [-0.15, -0.1) is 0 Å². The van der Waals surface area contributed by atoms with Crippen LogP contribution in [0, 0.1) is 5.92 Å². The molecule has 0 aliphatic heterocycles. The SMILES string of the molecule is CC(CC1CC1)Nc1cccnc1. The third kappa shape index (κ3) is 2.72. The van der Waals surface area contributed by atoms with Gasteiger partial charge < -0.3 is 5.32 Å². The highest BCUT2D eigenvalue weighted by Crippen LogP contribution is 2.33. The van der Waals surface area contributed by atoms with Crippen molar-refractivity contribution in [2.24, 2.45) is 5.92 Å². The molecule has 1 aromatic rings. The summed E-state index contributed by atoms with van der Waals surface area (Å²) in [5, 5.41) is 3.45. The highest BCUT2D eigenvalue weighted by atomic mass is 14.9. The molecule has 1 heterocycles. The Bertz CT molecular complexity index is 254.